The zero-order valence-corrected chi connectivity index (χ0v) is 18.7. The van der Waals surface area contributed by atoms with Crippen molar-refractivity contribution in [2.24, 2.45) is 10.7 Å². The molecule has 0 bridgehead atoms. The molecule has 2 N–H and O–H groups in total. The highest BCUT2D eigenvalue weighted by Gasteiger charge is 2.50. The van der Waals surface area contributed by atoms with Crippen LogP contribution in [0.25, 0.3) is 0 Å². The van der Waals surface area contributed by atoms with Gasteiger partial charge in [0.05, 0.1) is 19.3 Å². The molecule has 0 spiro atoms. The van der Waals surface area contributed by atoms with Gasteiger partial charge in [-0.05, 0) is 31.4 Å². The number of ether oxygens (including phenoxy) is 2. The second-order valence-corrected chi connectivity index (χ2v) is 10.5. The highest BCUT2D eigenvalue weighted by atomic mass is 35.5. The zero-order valence-electron chi connectivity index (χ0n) is 17.2. The molecule has 4 heterocycles. The SMILES string of the molecule is CCN=C(N)N1CCC(c2nc(Cl)nc3c2OCC2COCCN32)(S(C)(=O)=O)CC1. The molecule has 2 saturated heterocycles. The molecule has 0 radical (unpaired) electrons. The van der Waals surface area contributed by atoms with Gasteiger partial charge in [-0.25, -0.2) is 13.4 Å². The quantitative estimate of drug-likeness (QED) is 0.389. The van der Waals surface area contributed by atoms with Crippen molar-refractivity contribution in [3.8, 4) is 5.75 Å². The lowest BCUT2D eigenvalue weighted by Gasteiger charge is -2.44. The lowest BCUT2D eigenvalue weighted by Crippen LogP contribution is -2.53. The van der Waals surface area contributed by atoms with Gasteiger partial charge in [0.2, 0.25) is 5.28 Å². The van der Waals surface area contributed by atoms with Crippen LogP contribution in [-0.2, 0) is 19.3 Å². The Bertz CT molecular complexity index is 948. The van der Waals surface area contributed by atoms with Gasteiger partial charge in [0.25, 0.3) is 0 Å². The third-order valence-corrected chi connectivity index (χ3v) is 8.29. The van der Waals surface area contributed by atoms with Gasteiger partial charge < -0.3 is 25.0 Å². The highest BCUT2D eigenvalue weighted by Crippen LogP contribution is 2.47. The highest BCUT2D eigenvalue weighted by molar-refractivity contribution is 7.91. The molecule has 2 fully saturated rings. The number of likely N-dealkylation sites (tertiary alicyclic amines) is 1. The minimum atomic E-state index is -3.56. The second kappa shape index (κ2) is 8.01. The Labute approximate surface area is 181 Å². The third-order valence-electron chi connectivity index (χ3n) is 6.10. The Morgan fingerprint density at radius 1 is 1.30 bits per heavy atom. The molecule has 0 saturated carbocycles. The van der Waals surface area contributed by atoms with E-state index in [1.807, 2.05) is 11.8 Å². The van der Waals surface area contributed by atoms with Gasteiger partial charge in [-0.3, -0.25) is 4.99 Å². The maximum Gasteiger partial charge on any atom is 0.224 e. The summed E-state index contributed by atoms with van der Waals surface area (Å²) in [6.45, 7) is 5.47. The Hall–Kier alpha value is -1.85. The Morgan fingerprint density at radius 2 is 2.03 bits per heavy atom. The van der Waals surface area contributed by atoms with E-state index in [0.29, 0.717) is 82.1 Å². The number of hydrogen-bond acceptors (Lipinski definition) is 8. The first-order valence-corrected chi connectivity index (χ1v) is 12.3. The summed E-state index contributed by atoms with van der Waals surface area (Å²) in [4.78, 5) is 17.0. The first-order valence-electron chi connectivity index (χ1n) is 10.1. The molecule has 3 aliphatic rings. The van der Waals surface area contributed by atoms with Gasteiger partial charge >= 0.3 is 0 Å². The van der Waals surface area contributed by atoms with Crippen LogP contribution in [0.2, 0.25) is 5.28 Å². The third kappa shape index (κ3) is 3.56. The van der Waals surface area contributed by atoms with E-state index in [1.165, 1.54) is 6.26 Å². The molecule has 1 unspecified atom stereocenters. The number of anilines is 1. The maximum atomic E-state index is 13.1. The fraction of sp³-hybridized carbons (Fsp3) is 0.722. The number of piperidine rings is 1. The summed E-state index contributed by atoms with van der Waals surface area (Å²) in [6.07, 6.45) is 1.86. The van der Waals surface area contributed by atoms with E-state index in [0.717, 1.165) is 0 Å². The van der Waals surface area contributed by atoms with Crippen molar-refractivity contribution >= 4 is 33.2 Å². The number of nitrogens with two attached hydrogens (primary N) is 1. The van der Waals surface area contributed by atoms with E-state index in [-0.39, 0.29) is 11.3 Å². The molecule has 166 valence electrons. The number of hydrogen-bond donors (Lipinski definition) is 1. The molecular weight excluding hydrogens is 432 g/mol. The smallest absolute Gasteiger partial charge is 0.224 e. The molecule has 1 atom stereocenters. The standard InChI is InChI=1S/C18H27ClN6O4S/c1-3-21-17(20)24-6-4-18(5-7-24,30(2,26)27)14-13-15(23-16(19)22-14)25-8-9-28-10-12(25)11-29-13/h12H,3-11H2,1-2H3,(H2,20,21). The van der Waals surface area contributed by atoms with E-state index < -0.39 is 14.6 Å². The molecule has 30 heavy (non-hydrogen) atoms. The van der Waals surface area contributed by atoms with Crippen LogP contribution in [0.4, 0.5) is 5.82 Å². The zero-order chi connectivity index (χ0) is 21.5. The summed E-state index contributed by atoms with van der Waals surface area (Å²) < 4.78 is 36.6. The number of nitrogens with zero attached hydrogens (tertiary/aromatic N) is 5. The molecule has 3 aliphatic heterocycles. The average Bonchev–Trinajstić information content (AvgIpc) is 2.72. The summed E-state index contributed by atoms with van der Waals surface area (Å²) in [5.41, 5.74) is 6.38. The number of guanidine groups is 1. The fourth-order valence-corrected chi connectivity index (χ4v) is 6.02. The monoisotopic (exact) mass is 458 g/mol. The van der Waals surface area contributed by atoms with Crippen LogP contribution in [-0.4, -0.2) is 87.5 Å². The van der Waals surface area contributed by atoms with Gasteiger partial charge in [0.1, 0.15) is 17.0 Å². The van der Waals surface area contributed by atoms with Gasteiger partial charge in [-0.15, -0.1) is 0 Å². The van der Waals surface area contributed by atoms with Crippen LogP contribution in [0.1, 0.15) is 25.5 Å². The lowest BCUT2D eigenvalue weighted by molar-refractivity contribution is 0.0688. The van der Waals surface area contributed by atoms with Crippen LogP contribution >= 0.6 is 11.6 Å². The maximum absolute atomic E-state index is 13.1. The van der Waals surface area contributed by atoms with Gasteiger partial charge in [-0.1, -0.05) is 0 Å². The largest absolute Gasteiger partial charge is 0.486 e. The molecular formula is C18H27ClN6O4S. The number of morpholine rings is 1. The van der Waals surface area contributed by atoms with Crippen LogP contribution in [0.15, 0.2) is 4.99 Å². The number of aliphatic imine (C=N–C) groups is 1. The molecule has 1 aromatic rings. The predicted octanol–water partition coefficient (Wildman–Crippen LogP) is 0.398. The van der Waals surface area contributed by atoms with Crippen molar-refractivity contribution in [1.29, 1.82) is 0 Å². The molecule has 12 heteroatoms. The minimum Gasteiger partial charge on any atom is -0.486 e. The number of rotatable bonds is 3. The van der Waals surface area contributed by atoms with Crippen molar-refractivity contribution < 1.29 is 17.9 Å². The van der Waals surface area contributed by atoms with Crippen LogP contribution in [0.3, 0.4) is 0 Å². The van der Waals surface area contributed by atoms with E-state index in [1.54, 1.807) is 0 Å². The number of halogens is 1. The summed E-state index contributed by atoms with van der Waals surface area (Å²) in [6, 6.07) is 0.0196. The van der Waals surface area contributed by atoms with Crippen molar-refractivity contribution in [3.63, 3.8) is 0 Å². The fourth-order valence-electron chi connectivity index (χ4n) is 4.44. The molecule has 4 rings (SSSR count). The summed E-state index contributed by atoms with van der Waals surface area (Å²) in [5.74, 6) is 1.38. The number of fused-ring (bicyclic) bond motifs is 3. The Morgan fingerprint density at radius 3 is 2.70 bits per heavy atom. The Kier molecular flexibility index (Phi) is 5.71. The van der Waals surface area contributed by atoms with E-state index in [4.69, 9.17) is 26.8 Å². The second-order valence-electron chi connectivity index (χ2n) is 7.81. The lowest BCUT2D eigenvalue weighted by atomic mass is 9.91. The normalized spacial score (nSPS) is 24.1. The predicted molar refractivity (Wildman–Crippen MR) is 114 cm³/mol. The molecule has 0 aromatic carbocycles. The van der Waals surface area contributed by atoms with Crippen LogP contribution in [0.5, 0.6) is 5.75 Å². The van der Waals surface area contributed by atoms with Crippen molar-refractivity contribution in [3.05, 3.63) is 11.0 Å². The van der Waals surface area contributed by atoms with E-state index >= 15 is 0 Å². The average molecular weight is 459 g/mol. The molecule has 1 aromatic heterocycles. The summed E-state index contributed by atoms with van der Waals surface area (Å²) >= 11 is 6.28. The van der Waals surface area contributed by atoms with Crippen molar-refractivity contribution in [2.75, 3.05) is 57.2 Å². The molecule has 10 nitrogen and oxygen atoms in total. The Balaban J connectivity index is 1.77. The first kappa shape index (κ1) is 21.4. The van der Waals surface area contributed by atoms with Crippen molar-refractivity contribution in [1.82, 2.24) is 14.9 Å². The van der Waals surface area contributed by atoms with Crippen molar-refractivity contribution in [2.45, 2.75) is 30.6 Å². The topological polar surface area (TPSA) is 123 Å². The van der Waals surface area contributed by atoms with Gasteiger partial charge in [-0.2, -0.15) is 4.98 Å². The van der Waals surface area contributed by atoms with Gasteiger partial charge in [0.15, 0.2) is 27.4 Å². The van der Waals surface area contributed by atoms with E-state index in [2.05, 4.69) is 19.9 Å². The number of sulfone groups is 1. The summed E-state index contributed by atoms with van der Waals surface area (Å²) in [5, 5.41) is 0.0111. The number of aromatic nitrogens is 2. The van der Waals surface area contributed by atoms with Crippen LogP contribution in [0, 0.1) is 0 Å². The van der Waals surface area contributed by atoms with Crippen LogP contribution < -0.4 is 15.4 Å². The van der Waals surface area contributed by atoms with Gasteiger partial charge in [0, 0.05) is 32.4 Å². The molecule has 0 amide bonds. The van der Waals surface area contributed by atoms with E-state index in [9.17, 15) is 8.42 Å². The summed E-state index contributed by atoms with van der Waals surface area (Å²) in [7, 11) is -3.56. The molecule has 0 aliphatic carbocycles. The minimum absolute atomic E-state index is 0.0111. The first-order chi connectivity index (χ1) is 14.3.